The van der Waals surface area contributed by atoms with Gasteiger partial charge in [-0.3, -0.25) is 4.99 Å². The van der Waals surface area contributed by atoms with Crippen LogP contribution < -0.4 is 10.6 Å². The number of nitrogens with zero attached hydrogens (tertiary/aromatic N) is 2. The standard InChI is InChI=1S/C18H28ClFN4.HI/c1-13(2)24-11-8-14(9-12-24)23-18(21-3)22-10-7-15-16(19)5-4-6-17(15)20;/h4-6,13-14H,7-12H2,1-3H3,(H2,21,22,23);1H. The van der Waals surface area contributed by atoms with Crippen molar-refractivity contribution in [2.45, 2.75) is 45.2 Å². The summed E-state index contributed by atoms with van der Waals surface area (Å²) >= 11 is 6.06. The third kappa shape index (κ3) is 6.90. The van der Waals surface area contributed by atoms with Crippen LogP contribution in [0.4, 0.5) is 4.39 Å². The molecule has 0 unspecified atom stereocenters. The third-order valence-electron chi connectivity index (χ3n) is 4.55. The highest BCUT2D eigenvalue weighted by Crippen LogP contribution is 2.19. The molecule has 0 radical (unpaired) electrons. The lowest BCUT2D eigenvalue weighted by molar-refractivity contribution is 0.167. The molecule has 0 saturated carbocycles. The van der Waals surface area contributed by atoms with Crippen LogP contribution in [0.3, 0.4) is 0 Å². The zero-order chi connectivity index (χ0) is 17.5. The van der Waals surface area contributed by atoms with Gasteiger partial charge >= 0.3 is 0 Å². The van der Waals surface area contributed by atoms with E-state index in [4.69, 9.17) is 11.6 Å². The lowest BCUT2D eigenvalue weighted by Crippen LogP contribution is -2.50. The van der Waals surface area contributed by atoms with E-state index in [-0.39, 0.29) is 29.8 Å². The molecule has 1 aromatic rings. The summed E-state index contributed by atoms with van der Waals surface area (Å²) in [5.74, 6) is 0.513. The largest absolute Gasteiger partial charge is 0.356 e. The van der Waals surface area contributed by atoms with E-state index in [9.17, 15) is 4.39 Å². The highest BCUT2D eigenvalue weighted by atomic mass is 127. The Hall–Kier alpha value is -0.600. The first kappa shape index (κ1) is 22.4. The van der Waals surface area contributed by atoms with E-state index in [1.807, 2.05) is 0 Å². The Morgan fingerprint density at radius 1 is 1.36 bits per heavy atom. The number of piperidine rings is 1. The van der Waals surface area contributed by atoms with Gasteiger partial charge < -0.3 is 15.5 Å². The molecule has 1 aliphatic rings. The van der Waals surface area contributed by atoms with Gasteiger partial charge in [-0.1, -0.05) is 17.7 Å². The van der Waals surface area contributed by atoms with Gasteiger partial charge in [-0.2, -0.15) is 0 Å². The van der Waals surface area contributed by atoms with E-state index in [1.54, 1.807) is 19.2 Å². The second-order valence-corrected chi connectivity index (χ2v) is 6.90. The van der Waals surface area contributed by atoms with Crippen molar-refractivity contribution in [2.75, 3.05) is 26.7 Å². The summed E-state index contributed by atoms with van der Waals surface area (Å²) in [7, 11) is 1.76. The van der Waals surface area contributed by atoms with Crippen LogP contribution in [-0.2, 0) is 6.42 Å². The molecular formula is C18H29ClFIN4. The minimum atomic E-state index is -0.256. The van der Waals surface area contributed by atoms with E-state index in [1.165, 1.54) is 6.07 Å². The highest BCUT2D eigenvalue weighted by molar-refractivity contribution is 14.0. The lowest BCUT2D eigenvalue weighted by atomic mass is 10.0. The van der Waals surface area contributed by atoms with Crippen molar-refractivity contribution in [1.29, 1.82) is 0 Å². The molecule has 0 spiro atoms. The van der Waals surface area contributed by atoms with Gasteiger partial charge in [0.1, 0.15) is 5.82 Å². The Balaban J connectivity index is 0.00000312. The topological polar surface area (TPSA) is 39.7 Å². The molecule has 0 aliphatic carbocycles. The van der Waals surface area contributed by atoms with Crippen LogP contribution >= 0.6 is 35.6 Å². The average Bonchev–Trinajstić information content (AvgIpc) is 2.57. The number of aliphatic imine (C=N–C) groups is 1. The second-order valence-electron chi connectivity index (χ2n) is 6.50. The molecule has 142 valence electrons. The van der Waals surface area contributed by atoms with Gasteiger partial charge in [0.15, 0.2) is 5.96 Å². The molecule has 2 N–H and O–H groups in total. The van der Waals surface area contributed by atoms with Crippen LogP contribution in [0, 0.1) is 5.82 Å². The van der Waals surface area contributed by atoms with Crippen LogP contribution in [0.1, 0.15) is 32.3 Å². The van der Waals surface area contributed by atoms with Gasteiger partial charge in [0.25, 0.3) is 0 Å². The SMILES string of the molecule is CN=C(NCCc1c(F)cccc1Cl)NC1CCN(C(C)C)CC1.I. The van der Waals surface area contributed by atoms with E-state index >= 15 is 0 Å². The van der Waals surface area contributed by atoms with E-state index in [0.29, 0.717) is 35.6 Å². The number of benzene rings is 1. The van der Waals surface area contributed by atoms with Crippen molar-refractivity contribution in [3.05, 3.63) is 34.6 Å². The fourth-order valence-corrected chi connectivity index (χ4v) is 3.28. The maximum atomic E-state index is 13.8. The maximum Gasteiger partial charge on any atom is 0.191 e. The van der Waals surface area contributed by atoms with Gasteiger partial charge in [0.2, 0.25) is 0 Å². The van der Waals surface area contributed by atoms with Crippen molar-refractivity contribution in [1.82, 2.24) is 15.5 Å². The molecule has 7 heteroatoms. The van der Waals surface area contributed by atoms with Crippen LogP contribution in [0.15, 0.2) is 23.2 Å². The fourth-order valence-electron chi connectivity index (χ4n) is 3.03. The molecule has 0 bridgehead atoms. The average molecular weight is 483 g/mol. The van der Waals surface area contributed by atoms with Gasteiger partial charge in [-0.25, -0.2) is 4.39 Å². The van der Waals surface area contributed by atoms with Crippen LogP contribution in [0.2, 0.25) is 5.02 Å². The normalized spacial score (nSPS) is 16.6. The molecule has 1 saturated heterocycles. The van der Waals surface area contributed by atoms with Crippen LogP contribution in [0.25, 0.3) is 0 Å². The first-order chi connectivity index (χ1) is 11.5. The maximum absolute atomic E-state index is 13.8. The molecule has 1 aliphatic heterocycles. The third-order valence-corrected chi connectivity index (χ3v) is 4.91. The lowest BCUT2D eigenvalue weighted by Gasteiger charge is -2.35. The van der Waals surface area contributed by atoms with Crippen LogP contribution in [0.5, 0.6) is 0 Å². The molecular weight excluding hydrogens is 454 g/mol. The first-order valence-corrected chi connectivity index (χ1v) is 9.03. The summed E-state index contributed by atoms with van der Waals surface area (Å²) in [5, 5.41) is 7.19. The smallest absolute Gasteiger partial charge is 0.191 e. The molecule has 0 aromatic heterocycles. The predicted molar refractivity (Wildman–Crippen MR) is 115 cm³/mol. The Bertz CT molecular complexity index is 540. The first-order valence-electron chi connectivity index (χ1n) is 8.65. The zero-order valence-electron chi connectivity index (χ0n) is 15.2. The van der Waals surface area contributed by atoms with Crippen molar-refractivity contribution >= 4 is 41.5 Å². The molecule has 1 heterocycles. The fraction of sp³-hybridized carbons (Fsp3) is 0.611. The minimum absolute atomic E-state index is 0. The monoisotopic (exact) mass is 482 g/mol. The van der Waals surface area contributed by atoms with Crippen molar-refractivity contribution < 1.29 is 4.39 Å². The summed E-state index contributed by atoms with van der Waals surface area (Å²) in [5.41, 5.74) is 0.548. The number of hydrogen-bond acceptors (Lipinski definition) is 2. The number of guanidine groups is 1. The van der Waals surface area contributed by atoms with E-state index in [0.717, 1.165) is 31.9 Å². The summed E-state index contributed by atoms with van der Waals surface area (Å²) in [6, 6.07) is 5.82. The highest BCUT2D eigenvalue weighted by Gasteiger charge is 2.21. The number of rotatable bonds is 5. The number of nitrogens with one attached hydrogen (secondary N) is 2. The molecule has 0 amide bonds. The Kier molecular flexibility index (Phi) is 10.0. The van der Waals surface area contributed by atoms with Gasteiger partial charge in [0.05, 0.1) is 0 Å². The Morgan fingerprint density at radius 2 is 2.04 bits per heavy atom. The van der Waals surface area contributed by atoms with Crippen LogP contribution in [-0.4, -0.2) is 49.6 Å². The second kappa shape index (κ2) is 11.2. The Labute approximate surface area is 172 Å². The molecule has 0 atom stereocenters. The molecule has 1 fully saturated rings. The molecule has 2 rings (SSSR count). The summed E-state index contributed by atoms with van der Waals surface area (Å²) in [6.07, 6.45) is 2.74. The van der Waals surface area contributed by atoms with E-state index < -0.39 is 0 Å². The predicted octanol–water partition coefficient (Wildman–Crippen LogP) is 3.68. The minimum Gasteiger partial charge on any atom is -0.356 e. The van der Waals surface area contributed by atoms with Gasteiger partial charge in [-0.15, -0.1) is 24.0 Å². The van der Waals surface area contributed by atoms with Crippen molar-refractivity contribution in [3.63, 3.8) is 0 Å². The molecule has 4 nitrogen and oxygen atoms in total. The Morgan fingerprint density at radius 3 is 2.60 bits per heavy atom. The number of halogens is 3. The van der Waals surface area contributed by atoms with E-state index in [2.05, 4.69) is 34.4 Å². The van der Waals surface area contributed by atoms with Crippen molar-refractivity contribution in [3.8, 4) is 0 Å². The summed E-state index contributed by atoms with van der Waals surface area (Å²) in [4.78, 5) is 6.76. The zero-order valence-corrected chi connectivity index (χ0v) is 18.3. The van der Waals surface area contributed by atoms with Crippen molar-refractivity contribution in [2.24, 2.45) is 4.99 Å². The summed E-state index contributed by atoms with van der Waals surface area (Å²) in [6.45, 7) is 7.28. The number of hydrogen-bond donors (Lipinski definition) is 2. The molecule has 1 aromatic carbocycles. The number of likely N-dealkylation sites (tertiary alicyclic amines) is 1. The van der Waals surface area contributed by atoms with Gasteiger partial charge in [-0.05, 0) is 45.2 Å². The summed E-state index contributed by atoms with van der Waals surface area (Å²) < 4.78 is 13.8. The molecule has 25 heavy (non-hydrogen) atoms. The quantitative estimate of drug-likeness (QED) is 0.382. The van der Waals surface area contributed by atoms with Gasteiger partial charge in [0, 0.05) is 49.4 Å².